The van der Waals surface area contributed by atoms with Crippen LogP contribution < -0.4 is 0 Å². The third kappa shape index (κ3) is 8.83. The van der Waals surface area contributed by atoms with Crippen molar-refractivity contribution in [3.8, 4) is 0 Å². The van der Waals surface area contributed by atoms with Crippen LogP contribution >= 0.6 is 13.5 Å². The molecule has 0 aliphatic rings. The summed E-state index contributed by atoms with van der Waals surface area (Å²) in [5, 5.41) is 0. The van der Waals surface area contributed by atoms with Crippen molar-refractivity contribution in [1.29, 1.82) is 0 Å². The molecule has 0 nitrogen and oxygen atoms in total. The zero-order valence-electron chi connectivity index (χ0n) is 1.80. The maximum absolute atomic E-state index is 0. The molecule has 0 rings (SSSR count). The Kier molecular flexibility index (Phi) is 147. The number of hydrogen-bond acceptors (Lipinski definition) is 0. The van der Waals surface area contributed by atoms with E-state index in [-0.39, 0.29) is 76.6 Å². The second-order valence-electron chi connectivity index (χ2n) is 0. The molecule has 0 unspecified atom stereocenters. The van der Waals surface area contributed by atoms with Crippen LogP contribution in [0.2, 0.25) is 0 Å². The van der Waals surface area contributed by atoms with Crippen LogP contribution in [0.5, 0.6) is 0 Å². The zero-order chi connectivity index (χ0) is 0. The van der Waals surface area contributed by atoms with Gasteiger partial charge in [0.2, 0.25) is 0 Å². The second-order valence-corrected chi connectivity index (χ2v) is 0. The maximum atomic E-state index is 0. The van der Waals surface area contributed by atoms with E-state index in [0.717, 1.165) is 0 Å². The fourth-order valence-corrected chi connectivity index (χ4v) is 0. The molecule has 0 saturated heterocycles. The van der Waals surface area contributed by atoms with Crippen molar-refractivity contribution < 1.29 is 22.4 Å². The fraction of sp³-hybridized carbons (Fsp3) is 0. The van der Waals surface area contributed by atoms with E-state index in [1.165, 1.54) is 0 Å². The number of rotatable bonds is 0. The first-order chi connectivity index (χ1) is 0. The van der Waals surface area contributed by atoms with E-state index in [0.29, 0.717) is 0 Å². The molecule has 0 bridgehead atoms. The minimum absolute atomic E-state index is 0. The molecule has 0 aliphatic carbocycles. The molecule has 0 N–H and O–H groups in total. The molecule has 0 saturated carbocycles. The molecule has 4 heteroatoms. The molecule has 0 aromatic rings. The van der Waals surface area contributed by atoms with Gasteiger partial charge in [-0.05, 0) is 0 Å². The van der Waals surface area contributed by atoms with Crippen molar-refractivity contribution in [3.63, 3.8) is 0 Å². The van der Waals surface area contributed by atoms with Crippen molar-refractivity contribution in [2.45, 2.75) is 0 Å². The van der Waals surface area contributed by atoms with Crippen LogP contribution in [0.1, 0.15) is 0 Å². The molecule has 0 aliphatic heterocycles. The molecule has 0 fully saturated rings. The molecule has 1 radical (unpaired) electrons. The van der Waals surface area contributed by atoms with Gasteiger partial charge in [0.05, 0.1) is 0 Å². The SMILES string of the molecule is S.[Au].[SeH2].[TeH2]. The number of hydrogen-bond donors (Lipinski definition) is 0. The van der Waals surface area contributed by atoms with Crippen LogP contribution in [0.15, 0.2) is 0 Å². The second kappa shape index (κ2) is 18.2. The van der Waals surface area contributed by atoms with E-state index in [4.69, 9.17) is 0 Å². The Morgan fingerprint density at radius 2 is 1.00 bits per heavy atom. The van der Waals surface area contributed by atoms with Crippen LogP contribution in [0.25, 0.3) is 0 Å². The van der Waals surface area contributed by atoms with E-state index < -0.39 is 0 Å². The summed E-state index contributed by atoms with van der Waals surface area (Å²) < 4.78 is 0. The van der Waals surface area contributed by atoms with E-state index in [9.17, 15) is 0 Å². The Bertz CT molecular complexity index is 8.00. The molecular weight excluding hydrogens is 436 g/mol. The van der Waals surface area contributed by atoms with Gasteiger partial charge in [0.25, 0.3) is 0 Å². The topological polar surface area (TPSA) is 0 Å². The van der Waals surface area contributed by atoms with Gasteiger partial charge in [-0.1, -0.05) is 0 Å². The van der Waals surface area contributed by atoms with Crippen molar-refractivity contribution in [1.82, 2.24) is 0 Å². The van der Waals surface area contributed by atoms with E-state index in [2.05, 4.69) is 0 Å². The van der Waals surface area contributed by atoms with Gasteiger partial charge in [0.15, 0.2) is 0 Å². The average Bonchev–Trinajstić information content (AvgIpc) is 0. The normalized spacial score (nSPS) is 0. The molecule has 0 aromatic heterocycles. The Balaban J connectivity index is 0. The molecule has 0 atom stereocenters. The summed E-state index contributed by atoms with van der Waals surface area (Å²) in [4.78, 5) is 0. The Morgan fingerprint density at radius 1 is 1.00 bits per heavy atom. The zero-order valence-corrected chi connectivity index (χ0v) is 9.92. The van der Waals surface area contributed by atoms with Gasteiger partial charge in [0, 0.05) is 22.4 Å². The van der Waals surface area contributed by atoms with Crippen molar-refractivity contribution in [3.05, 3.63) is 0 Å². The van der Waals surface area contributed by atoms with Gasteiger partial charge in [-0.2, -0.15) is 13.5 Å². The first kappa shape index (κ1) is 32.4. The average molecular weight is 442 g/mol. The predicted octanol–water partition coefficient (Wildman–Crippen LogP) is -1.72. The molecule has 35 valence electrons. The summed E-state index contributed by atoms with van der Waals surface area (Å²) in [7, 11) is 0. The quantitative estimate of drug-likeness (QED) is 0.393. The van der Waals surface area contributed by atoms with Crippen LogP contribution in [0.3, 0.4) is 0 Å². The minimum atomic E-state index is 0. The van der Waals surface area contributed by atoms with Gasteiger partial charge in [-0.15, -0.1) is 0 Å². The predicted molar refractivity (Wildman–Crippen MR) is 27.5 cm³/mol. The molecule has 0 amide bonds. The molecule has 0 spiro atoms. The van der Waals surface area contributed by atoms with Crippen molar-refractivity contribution >= 4 is 54.2 Å². The summed E-state index contributed by atoms with van der Waals surface area (Å²) in [6.07, 6.45) is 0. The summed E-state index contributed by atoms with van der Waals surface area (Å²) in [6.45, 7) is 0. The molecule has 0 aromatic carbocycles. The monoisotopic (exact) mass is 445 g/mol. The van der Waals surface area contributed by atoms with Gasteiger partial charge in [-0.25, -0.2) is 0 Å². The summed E-state index contributed by atoms with van der Waals surface area (Å²) >= 11 is 0. The van der Waals surface area contributed by atoms with Gasteiger partial charge >= 0.3 is 40.7 Å². The van der Waals surface area contributed by atoms with E-state index >= 15 is 0 Å². The summed E-state index contributed by atoms with van der Waals surface area (Å²) in [5.74, 6) is 0. The summed E-state index contributed by atoms with van der Waals surface area (Å²) in [5.41, 5.74) is 0. The summed E-state index contributed by atoms with van der Waals surface area (Å²) in [6, 6.07) is 0. The van der Waals surface area contributed by atoms with Crippen molar-refractivity contribution in [2.24, 2.45) is 0 Å². The first-order valence-electron chi connectivity index (χ1n) is 0. The van der Waals surface area contributed by atoms with Crippen LogP contribution in [0.4, 0.5) is 0 Å². The van der Waals surface area contributed by atoms with Crippen LogP contribution in [-0.2, 0) is 22.4 Å². The van der Waals surface area contributed by atoms with Crippen LogP contribution in [-0.4, -0.2) is 40.7 Å². The third-order valence-corrected chi connectivity index (χ3v) is 0. The third-order valence-electron chi connectivity index (χ3n) is 0. The van der Waals surface area contributed by atoms with Gasteiger partial charge < -0.3 is 0 Å². The first-order valence-corrected chi connectivity index (χ1v) is 0. The van der Waals surface area contributed by atoms with Gasteiger partial charge in [-0.3, -0.25) is 0 Å². The van der Waals surface area contributed by atoms with E-state index in [1.807, 2.05) is 0 Å². The Morgan fingerprint density at radius 3 is 1.00 bits per heavy atom. The molecule has 0 heterocycles. The Labute approximate surface area is 75.6 Å². The van der Waals surface area contributed by atoms with Crippen molar-refractivity contribution in [2.75, 3.05) is 0 Å². The van der Waals surface area contributed by atoms with Gasteiger partial charge in [0.1, 0.15) is 0 Å². The van der Waals surface area contributed by atoms with Crippen LogP contribution in [0, 0.1) is 0 Å². The Hall–Kier alpha value is 2.40. The fourth-order valence-electron chi connectivity index (χ4n) is 0. The molecular formula is H6AuSSeTe. The molecule has 4 heavy (non-hydrogen) atoms. The standard InChI is InChI=1S/Au.H2S.H2Se.H2Te/h;3*1H2. The van der Waals surface area contributed by atoms with E-state index in [1.54, 1.807) is 0 Å².